The summed E-state index contributed by atoms with van der Waals surface area (Å²) in [7, 11) is 0. The number of hydrogen-bond donors (Lipinski definition) is 0. The molecule has 214 valence electrons. The maximum absolute atomic E-state index is 13.4. The van der Waals surface area contributed by atoms with Crippen molar-refractivity contribution in [1.29, 1.82) is 0 Å². The molecular weight excluding hydrogens is 508 g/mol. The molecule has 1 atom stereocenters. The van der Waals surface area contributed by atoms with Gasteiger partial charge in [0.1, 0.15) is 11.5 Å². The number of carbonyl (C=O) groups excluding carboxylic acids is 1. The summed E-state index contributed by atoms with van der Waals surface area (Å²) < 4.78 is 13.3. The Hall–Kier alpha value is -3.73. The average molecular weight is 551 g/mol. The van der Waals surface area contributed by atoms with Crippen LogP contribution in [0.5, 0.6) is 11.5 Å². The summed E-state index contributed by atoms with van der Waals surface area (Å²) in [4.78, 5) is 18.3. The third-order valence-corrected chi connectivity index (χ3v) is 9.04. The first kappa shape index (κ1) is 27.4. The molecule has 0 aliphatic carbocycles. The standard InChI is InChI=1S/C36H42N2O3/c1-7-10-18-37(19-11-8-2)25-16-17-29-32(20-25)40-33-21-27-24(4)23-35(5,6)38(9-3)31(27)22-30(33)36(29)28-15-13-12-14-26(28)34(39)41-36/h12-17,20-23H,7-11,18-19H2,1-6H3. The van der Waals surface area contributed by atoms with Crippen LogP contribution in [0.1, 0.15) is 99.8 Å². The van der Waals surface area contributed by atoms with Crippen LogP contribution in [0, 0.1) is 0 Å². The maximum atomic E-state index is 13.4. The van der Waals surface area contributed by atoms with Gasteiger partial charge in [0.2, 0.25) is 0 Å². The van der Waals surface area contributed by atoms with E-state index >= 15 is 0 Å². The fraction of sp³-hybridized carbons (Fsp3) is 0.417. The summed E-state index contributed by atoms with van der Waals surface area (Å²) in [6.45, 7) is 16.2. The number of carbonyl (C=O) groups is 1. The zero-order chi connectivity index (χ0) is 28.9. The minimum Gasteiger partial charge on any atom is -0.456 e. The van der Waals surface area contributed by atoms with E-state index in [0.29, 0.717) is 5.56 Å². The van der Waals surface area contributed by atoms with Crippen molar-refractivity contribution in [3.63, 3.8) is 0 Å². The Morgan fingerprint density at radius 2 is 1.54 bits per heavy atom. The van der Waals surface area contributed by atoms with Crippen LogP contribution in [0.2, 0.25) is 0 Å². The third-order valence-electron chi connectivity index (χ3n) is 9.04. The molecule has 0 saturated carbocycles. The monoisotopic (exact) mass is 550 g/mol. The molecule has 5 nitrogen and oxygen atoms in total. The summed E-state index contributed by atoms with van der Waals surface area (Å²) in [5.41, 5.74) is 6.72. The highest BCUT2D eigenvalue weighted by Gasteiger charge is 2.54. The zero-order valence-electron chi connectivity index (χ0n) is 25.3. The summed E-state index contributed by atoms with van der Waals surface area (Å²) in [5.74, 6) is 1.20. The number of allylic oxidation sites excluding steroid dienone is 1. The lowest BCUT2D eigenvalue weighted by molar-refractivity contribution is 0.0224. The number of rotatable bonds is 8. The fourth-order valence-corrected chi connectivity index (χ4v) is 7.07. The van der Waals surface area contributed by atoms with Crippen molar-refractivity contribution in [3.8, 4) is 11.5 Å². The Balaban J connectivity index is 1.58. The van der Waals surface area contributed by atoms with Crippen LogP contribution in [0.4, 0.5) is 11.4 Å². The summed E-state index contributed by atoms with van der Waals surface area (Å²) in [6, 6.07) is 18.7. The largest absolute Gasteiger partial charge is 0.456 e. The molecule has 0 aromatic heterocycles. The van der Waals surface area contributed by atoms with E-state index in [2.05, 4.69) is 87.8 Å². The molecule has 41 heavy (non-hydrogen) atoms. The van der Waals surface area contributed by atoms with Crippen molar-refractivity contribution in [2.75, 3.05) is 29.4 Å². The maximum Gasteiger partial charge on any atom is 0.340 e. The van der Waals surface area contributed by atoms with E-state index in [1.807, 2.05) is 24.3 Å². The molecule has 5 heteroatoms. The van der Waals surface area contributed by atoms with Crippen LogP contribution in [-0.2, 0) is 10.3 Å². The lowest BCUT2D eigenvalue weighted by Crippen LogP contribution is -2.45. The molecule has 0 fully saturated rings. The van der Waals surface area contributed by atoms with Gasteiger partial charge >= 0.3 is 5.97 Å². The van der Waals surface area contributed by atoms with Gasteiger partial charge in [-0.15, -0.1) is 0 Å². The second kappa shape index (κ2) is 10.3. The van der Waals surface area contributed by atoms with Crippen LogP contribution in [0.3, 0.4) is 0 Å². The molecular formula is C36H42N2O3. The molecule has 3 aliphatic heterocycles. The van der Waals surface area contributed by atoms with Crippen molar-refractivity contribution in [2.45, 2.75) is 78.4 Å². The van der Waals surface area contributed by atoms with Crippen LogP contribution in [0.15, 0.2) is 60.7 Å². The van der Waals surface area contributed by atoms with Gasteiger partial charge in [-0.3, -0.25) is 0 Å². The van der Waals surface area contributed by atoms with Crippen LogP contribution < -0.4 is 14.5 Å². The number of unbranched alkanes of at least 4 members (excludes halogenated alkanes) is 2. The molecule has 3 aromatic carbocycles. The Morgan fingerprint density at radius 1 is 0.829 bits per heavy atom. The topological polar surface area (TPSA) is 42.0 Å². The summed E-state index contributed by atoms with van der Waals surface area (Å²) >= 11 is 0. The molecule has 0 N–H and O–H groups in total. The second-order valence-corrected chi connectivity index (χ2v) is 12.2. The summed E-state index contributed by atoms with van der Waals surface area (Å²) in [5, 5.41) is 0. The number of hydrogen-bond acceptors (Lipinski definition) is 5. The van der Waals surface area contributed by atoms with Gasteiger partial charge in [0, 0.05) is 59.3 Å². The second-order valence-electron chi connectivity index (χ2n) is 12.2. The number of anilines is 2. The molecule has 1 unspecified atom stereocenters. The van der Waals surface area contributed by atoms with Crippen molar-refractivity contribution in [3.05, 3.63) is 88.5 Å². The Bertz CT molecular complexity index is 1530. The summed E-state index contributed by atoms with van der Waals surface area (Å²) in [6.07, 6.45) is 6.91. The molecule has 1 spiro atoms. The van der Waals surface area contributed by atoms with Crippen molar-refractivity contribution in [1.82, 2.24) is 0 Å². The van der Waals surface area contributed by atoms with E-state index in [-0.39, 0.29) is 11.5 Å². The predicted molar refractivity (Wildman–Crippen MR) is 167 cm³/mol. The Labute approximate surface area is 244 Å². The highest BCUT2D eigenvalue weighted by atomic mass is 16.6. The zero-order valence-corrected chi connectivity index (χ0v) is 25.3. The SMILES string of the molecule is CCCCN(CCCC)c1ccc2c(c1)Oc1cc3c(cc1C21OC(=O)c2ccccc21)N(CC)C(C)(C)C=C3C. The molecule has 6 rings (SSSR count). The molecule has 3 heterocycles. The van der Waals surface area contributed by atoms with Gasteiger partial charge in [-0.05, 0) is 76.4 Å². The van der Waals surface area contributed by atoms with Crippen LogP contribution in [-0.4, -0.2) is 31.1 Å². The average Bonchev–Trinajstić information content (AvgIpc) is 3.25. The molecule has 0 radical (unpaired) electrons. The van der Waals surface area contributed by atoms with Gasteiger partial charge < -0.3 is 19.3 Å². The number of likely N-dealkylation sites (N-methyl/N-ethyl adjacent to an activating group) is 1. The predicted octanol–water partition coefficient (Wildman–Crippen LogP) is 8.68. The van der Waals surface area contributed by atoms with Gasteiger partial charge in [0.05, 0.1) is 11.1 Å². The van der Waals surface area contributed by atoms with Gasteiger partial charge in [0.15, 0.2) is 5.60 Å². The van der Waals surface area contributed by atoms with Gasteiger partial charge in [0.25, 0.3) is 0 Å². The quantitative estimate of drug-likeness (QED) is 0.263. The first-order chi connectivity index (χ1) is 19.7. The van der Waals surface area contributed by atoms with E-state index < -0.39 is 5.60 Å². The molecule has 0 bridgehead atoms. The minimum atomic E-state index is -1.07. The highest BCUT2D eigenvalue weighted by Crippen LogP contribution is 2.58. The third kappa shape index (κ3) is 4.24. The van der Waals surface area contributed by atoms with E-state index in [9.17, 15) is 4.79 Å². The van der Waals surface area contributed by atoms with E-state index in [0.717, 1.165) is 90.4 Å². The minimum absolute atomic E-state index is 0.139. The van der Waals surface area contributed by atoms with Crippen LogP contribution in [0.25, 0.3) is 5.57 Å². The van der Waals surface area contributed by atoms with Gasteiger partial charge in [-0.1, -0.05) is 51.0 Å². The fourth-order valence-electron chi connectivity index (χ4n) is 7.07. The highest BCUT2D eigenvalue weighted by molar-refractivity contribution is 5.97. The lowest BCUT2D eigenvalue weighted by Gasteiger charge is -2.44. The van der Waals surface area contributed by atoms with E-state index in [1.165, 1.54) is 5.57 Å². The number of benzene rings is 3. The van der Waals surface area contributed by atoms with E-state index in [4.69, 9.17) is 9.47 Å². The number of ether oxygens (including phenoxy) is 2. The van der Waals surface area contributed by atoms with Crippen molar-refractivity contribution >= 4 is 22.9 Å². The molecule has 0 saturated heterocycles. The van der Waals surface area contributed by atoms with Crippen LogP contribution >= 0.6 is 0 Å². The van der Waals surface area contributed by atoms with Gasteiger partial charge in [-0.2, -0.15) is 0 Å². The first-order valence-corrected chi connectivity index (χ1v) is 15.3. The smallest absolute Gasteiger partial charge is 0.340 e. The molecule has 3 aliphatic rings. The number of nitrogens with zero attached hydrogens (tertiary/aromatic N) is 2. The van der Waals surface area contributed by atoms with Crippen molar-refractivity contribution in [2.24, 2.45) is 0 Å². The van der Waals surface area contributed by atoms with E-state index in [1.54, 1.807) is 0 Å². The van der Waals surface area contributed by atoms with Gasteiger partial charge in [-0.25, -0.2) is 4.79 Å². The Morgan fingerprint density at radius 3 is 2.24 bits per heavy atom. The number of esters is 1. The van der Waals surface area contributed by atoms with Crippen molar-refractivity contribution < 1.29 is 14.3 Å². The molecule has 3 aromatic rings. The lowest BCUT2D eigenvalue weighted by atomic mass is 9.76. The Kier molecular flexibility index (Phi) is 6.88. The normalized spacial score (nSPS) is 19.5. The molecule has 0 amide bonds. The first-order valence-electron chi connectivity index (χ1n) is 15.3. The number of fused-ring (bicyclic) bond motifs is 7.